The predicted molar refractivity (Wildman–Crippen MR) is 231 cm³/mol. The van der Waals surface area contributed by atoms with E-state index < -0.39 is 28.8 Å². The summed E-state index contributed by atoms with van der Waals surface area (Å²) >= 11 is 0. The van der Waals surface area contributed by atoms with Gasteiger partial charge in [0.05, 0.1) is 55.7 Å². The molecule has 0 bridgehead atoms. The zero-order chi connectivity index (χ0) is 43.9. The number of rotatable bonds is 24. The van der Waals surface area contributed by atoms with Crippen molar-refractivity contribution in [2.45, 2.75) is 76.2 Å². The Hall–Kier alpha value is -5.32. The predicted octanol–water partition coefficient (Wildman–Crippen LogP) is 7.69. The Morgan fingerprint density at radius 2 is 1.76 bits per heavy atom. The van der Waals surface area contributed by atoms with E-state index in [1.807, 2.05) is 42.5 Å². The molecule has 2 aliphatic carbocycles. The number of oxime groups is 1. The maximum absolute atomic E-state index is 14.2. The van der Waals surface area contributed by atoms with Crippen molar-refractivity contribution in [1.29, 1.82) is 0 Å². The molecule has 1 aliphatic heterocycles. The lowest BCUT2D eigenvalue weighted by Gasteiger charge is -2.59. The topological polar surface area (TPSA) is 192 Å². The van der Waals surface area contributed by atoms with Crippen LogP contribution >= 0.6 is 0 Å². The fourth-order valence-electron chi connectivity index (χ4n) is 9.18. The van der Waals surface area contributed by atoms with Gasteiger partial charge in [-0.2, -0.15) is 0 Å². The molecule has 6 unspecified atom stereocenters. The summed E-state index contributed by atoms with van der Waals surface area (Å²) in [5, 5.41) is 45.8. The van der Waals surface area contributed by atoms with Crippen molar-refractivity contribution in [3.05, 3.63) is 118 Å². The third-order valence-corrected chi connectivity index (χ3v) is 11.7. The number of unbranched alkanes of at least 4 members (excludes halogenated alkanes) is 2. The fraction of sp³-hybridized carbons (Fsp3) is 0.489. The highest BCUT2D eigenvalue weighted by Crippen LogP contribution is 2.62. The first-order valence-corrected chi connectivity index (χ1v) is 21.6. The molecule has 3 N–H and O–H groups in total. The standard InChI is InChI=1S/C47H59N3O12/c1-3-25-59-47-43(49(46(54)58-4-2)21-26-57-27-24-53)31-41(48-60-32-33-13-6-5-7-14-33)39-28-34(15-8-10-22-51)38(18-9-11-23-52)44(45(39)47)40-30-37(19-20-42(40)62-47)61-36-17-12-16-35(29-36)50(55)56/h3,5-7,12-14,16-17,19-20,28-30,34,38,43-45,51-53H,1,4,8-11,15,18,21-27,31-32H2,2H3. The fourth-order valence-corrected chi connectivity index (χ4v) is 9.18. The minimum absolute atomic E-state index is 0.00944. The van der Waals surface area contributed by atoms with Crippen LogP contribution in [0.25, 0.3) is 0 Å². The third-order valence-electron chi connectivity index (χ3n) is 11.7. The molecule has 334 valence electrons. The zero-order valence-electron chi connectivity index (χ0n) is 35.3. The summed E-state index contributed by atoms with van der Waals surface area (Å²) in [6.45, 7) is 6.25. The van der Waals surface area contributed by atoms with E-state index >= 15 is 0 Å². The Balaban J connectivity index is 1.57. The molecule has 15 heteroatoms. The second-order valence-corrected chi connectivity index (χ2v) is 15.6. The van der Waals surface area contributed by atoms with Crippen LogP contribution < -0.4 is 9.47 Å². The summed E-state index contributed by atoms with van der Waals surface area (Å²) in [6.07, 6.45) is 7.65. The number of hydrogen-bond acceptors (Lipinski definition) is 13. The van der Waals surface area contributed by atoms with Gasteiger partial charge in [-0.3, -0.25) is 15.0 Å². The minimum Gasteiger partial charge on any atom is -0.459 e. The average molecular weight is 858 g/mol. The van der Waals surface area contributed by atoms with Gasteiger partial charge in [0.2, 0.25) is 5.79 Å². The SMILES string of the molecule is C=CCOC12Oc3ccc(Oc4cccc([N+](=O)[O-])c4)cc3C3C(CCCCO)C(CCCCO)C=C(C(=NOCc4ccccc4)CC1N(CCOCCO)C(=O)OCC)C32. The molecule has 0 radical (unpaired) electrons. The van der Waals surface area contributed by atoms with Gasteiger partial charge in [-0.25, -0.2) is 4.79 Å². The van der Waals surface area contributed by atoms with Gasteiger partial charge in [-0.1, -0.05) is 66.5 Å². The summed E-state index contributed by atoms with van der Waals surface area (Å²) in [4.78, 5) is 33.1. The van der Waals surface area contributed by atoms with Gasteiger partial charge in [-0.05, 0) is 79.8 Å². The van der Waals surface area contributed by atoms with Gasteiger partial charge >= 0.3 is 6.09 Å². The molecule has 15 nitrogen and oxygen atoms in total. The molecule has 3 aliphatic rings. The molecule has 1 fully saturated rings. The molecule has 0 aromatic heterocycles. The number of ether oxygens (including phenoxy) is 5. The van der Waals surface area contributed by atoms with E-state index in [9.17, 15) is 30.2 Å². The first-order valence-electron chi connectivity index (χ1n) is 21.6. The molecule has 3 aromatic carbocycles. The molecule has 1 amide bonds. The van der Waals surface area contributed by atoms with Crippen molar-refractivity contribution < 1.29 is 53.6 Å². The maximum atomic E-state index is 14.2. The van der Waals surface area contributed by atoms with Crippen molar-refractivity contribution in [3.63, 3.8) is 0 Å². The smallest absolute Gasteiger partial charge is 0.410 e. The van der Waals surface area contributed by atoms with Crippen LogP contribution in [0.3, 0.4) is 0 Å². The molecule has 6 atom stereocenters. The van der Waals surface area contributed by atoms with E-state index in [1.54, 1.807) is 36.1 Å². The number of benzene rings is 3. The van der Waals surface area contributed by atoms with E-state index in [1.165, 1.54) is 12.1 Å². The Kier molecular flexibility index (Phi) is 16.9. The van der Waals surface area contributed by atoms with Crippen LogP contribution in [-0.4, -0.2) is 102 Å². The van der Waals surface area contributed by atoms with Crippen LogP contribution in [0, 0.1) is 27.9 Å². The Morgan fingerprint density at radius 3 is 2.48 bits per heavy atom. The van der Waals surface area contributed by atoms with Crippen molar-refractivity contribution in [2.24, 2.45) is 22.9 Å². The van der Waals surface area contributed by atoms with Gasteiger partial charge in [0.1, 0.15) is 29.9 Å². The monoisotopic (exact) mass is 857 g/mol. The zero-order valence-corrected chi connectivity index (χ0v) is 35.3. The number of fused-ring (bicyclic) bond motifs is 2. The first kappa shape index (κ1) is 46.2. The second-order valence-electron chi connectivity index (χ2n) is 15.6. The summed E-state index contributed by atoms with van der Waals surface area (Å²) in [7, 11) is 0. The molecule has 1 heterocycles. The van der Waals surface area contributed by atoms with Crippen molar-refractivity contribution in [3.8, 4) is 17.2 Å². The number of aliphatic hydroxyl groups excluding tert-OH is 3. The van der Waals surface area contributed by atoms with Crippen LogP contribution in [0.15, 0.2) is 102 Å². The second kappa shape index (κ2) is 22.7. The number of hydrogen-bond donors (Lipinski definition) is 3. The highest BCUT2D eigenvalue weighted by atomic mass is 16.7. The number of aliphatic hydroxyl groups is 3. The Labute approximate surface area is 362 Å². The summed E-state index contributed by atoms with van der Waals surface area (Å²) in [5.41, 5.74) is 3.11. The van der Waals surface area contributed by atoms with E-state index in [0.29, 0.717) is 35.8 Å². The average Bonchev–Trinajstić information content (AvgIpc) is 3.28. The summed E-state index contributed by atoms with van der Waals surface area (Å²) in [5.74, 6) is -1.28. The van der Waals surface area contributed by atoms with Crippen LogP contribution in [0.5, 0.6) is 17.2 Å². The van der Waals surface area contributed by atoms with Gasteiger partial charge in [0.25, 0.3) is 5.69 Å². The largest absolute Gasteiger partial charge is 0.459 e. The van der Waals surface area contributed by atoms with Gasteiger partial charge in [0.15, 0.2) is 0 Å². The number of carbonyl (C=O) groups is 1. The van der Waals surface area contributed by atoms with Gasteiger partial charge in [0, 0.05) is 43.7 Å². The number of allylic oxidation sites excluding steroid dienone is 1. The van der Waals surface area contributed by atoms with Crippen molar-refractivity contribution in [2.75, 3.05) is 52.8 Å². The molecule has 6 rings (SSSR count). The lowest BCUT2D eigenvalue weighted by Crippen LogP contribution is -2.70. The van der Waals surface area contributed by atoms with Gasteiger partial charge in [-0.15, -0.1) is 6.58 Å². The number of amides is 1. The molecule has 62 heavy (non-hydrogen) atoms. The molecule has 1 saturated carbocycles. The van der Waals surface area contributed by atoms with E-state index in [2.05, 4.69) is 12.7 Å². The van der Waals surface area contributed by atoms with E-state index in [-0.39, 0.29) is 89.3 Å². The molecular weight excluding hydrogens is 799 g/mol. The summed E-state index contributed by atoms with van der Waals surface area (Å²) in [6, 6.07) is 20.3. The van der Waals surface area contributed by atoms with Crippen molar-refractivity contribution >= 4 is 17.5 Å². The highest BCUT2D eigenvalue weighted by Gasteiger charge is 2.65. The number of nitro groups is 1. The van der Waals surface area contributed by atoms with E-state index in [0.717, 1.165) is 42.4 Å². The molecule has 0 saturated heterocycles. The quantitative estimate of drug-likeness (QED) is 0.0345. The Morgan fingerprint density at radius 1 is 0.984 bits per heavy atom. The maximum Gasteiger partial charge on any atom is 0.410 e. The lowest BCUT2D eigenvalue weighted by molar-refractivity contribution is -0.384. The number of nitro benzene ring substituents is 1. The van der Waals surface area contributed by atoms with E-state index in [4.69, 9.17) is 33.7 Å². The molecule has 0 spiro atoms. The minimum atomic E-state index is -1.53. The van der Waals surface area contributed by atoms with Crippen LogP contribution in [-0.2, 0) is 25.7 Å². The number of nitrogens with zero attached hydrogens (tertiary/aromatic N) is 3. The number of non-ortho nitro benzene ring substituents is 1. The van der Waals surface area contributed by atoms with Crippen LogP contribution in [0.1, 0.15) is 68.9 Å². The lowest BCUT2D eigenvalue weighted by atomic mass is 9.55. The normalized spacial score (nSPS) is 23.0. The third kappa shape index (κ3) is 10.8. The first-order chi connectivity index (χ1) is 30.3. The van der Waals surface area contributed by atoms with Crippen molar-refractivity contribution in [1.82, 2.24) is 4.90 Å². The highest BCUT2D eigenvalue weighted by molar-refractivity contribution is 6.03. The molecular formula is C47H59N3O12. The number of carbonyl (C=O) groups excluding carboxylic acids is 1. The Bertz CT molecular complexity index is 2010. The van der Waals surface area contributed by atoms with Crippen LogP contribution in [0.2, 0.25) is 0 Å². The van der Waals surface area contributed by atoms with Crippen LogP contribution in [0.4, 0.5) is 10.5 Å². The summed E-state index contributed by atoms with van der Waals surface area (Å²) < 4.78 is 32.0. The van der Waals surface area contributed by atoms with Gasteiger partial charge < -0.3 is 43.8 Å². The molecule has 3 aromatic rings.